The van der Waals surface area contributed by atoms with Gasteiger partial charge in [0.25, 0.3) is 0 Å². The second-order valence-electron chi connectivity index (χ2n) is 7.58. The molecule has 1 aliphatic carbocycles. The Morgan fingerprint density at radius 3 is 2.62 bits per heavy atom. The monoisotopic (exact) mass is 520 g/mol. The zero-order valence-corrected chi connectivity index (χ0v) is 19.8. The molecule has 1 aromatic carbocycles. The smallest absolute Gasteiger partial charge is 0.193 e. The number of rotatable bonds is 9. The number of hydrogen-bond donors (Lipinski definition) is 1. The van der Waals surface area contributed by atoms with Gasteiger partial charge in [0.15, 0.2) is 5.96 Å². The van der Waals surface area contributed by atoms with Gasteiger partial charge in [-0.2, -0.15) is 0 Å². The number of guanidine groups is 1. The molecule has 1 heterocycles. The second kappa shape index (κ2) is 12.7. The van der Waals surface area contributed by atoms with Crippen molar-refractivity contribution in [2.24, 2.45) is 10.9 Å². The molecule has 164 valence electrons. The summed E-state index contributed by atoms with van der Waals surface area (Å²) >= 11 is 0. The first-order valence-electron chi connectivity index (χ1n) is 10.2. The molecule has 1 saturated carbocycles. The first-order valence-corrected chi connectivity index (χ1v) is 10.2. The van der Waals surface area contributed by atoms with Crippen LogP contribution in [0.5, 0.6) is 0 Å². The van der Waals surface area contributed by atoms with Crippen molar-refractivity contribution in [2.45, 2.75) is 18.9 Å². The van der Waals surface area contributed by atoms with Crippen molar-refractivity contribution in [3.05, 3.63) is 35.6 Å². The van der Waals surface area contributed by atoms with Crippen LogP contribution in [0.3, 0.4) is 0 Å². The highest BCUT2D eigenvalue weighted by molar-refractivity contribution is 14.0. The van der Waals surface area contributed by atoms with Crippen LogP contribution in [-0.2, 0) is 9.47 Å². The van der Waals surface area contributed by atoms with E-state index in [2.05, 4.69) is 20.1 Å². The third-order valence-electron chi connectivity index (χ3n) is 5.39. The number of nitrogens with zero attached hydrogens (tertiary/aromatic N) is 3. The van der Waals surface area contributed by atoms with Crippen LogP contribution in [0.1, 0.15) is 24.4 Å². The summed E-state index contributed by atoms with van der Waals surface area (Å²) in [5.74, 6) is 1.42. The van der Waals surface area contributed by atoms with Crippen molar-refractivity contribution in [1.29, 1.82) is 0 Å². The second-order valence-corrected chi connectivity index (χ2v) is 7.58. The van der Waals surface area contributed by atoms with E-state index in [0.29, 0.717) is 13.2 Å². The standard InChI is InChI=1S/C21H33FN4O2.HI/c1-23-21(25(2)9-12-28-16-17-3-4-17)24-15-20(26-10-13-27-14-11-26)18-5-7-19(22)8-6-18;/h5-8,17,20H,3-4,9-16H2,1-2H3,(H,23,24);1H. The summed E-state index contributed by atoms with van der Waals surface area (Å²) in [7, 11) is 3.82. The van der Waals surface area contributed by atoms with Gasteiger partial charge < -0.3 is 19.7 Å². The molecule has 0 amide bonds. The van der Waals surface area contributed by atoms with Crippen LogP contribution in [0.15, 0.2) is 29.3 Å². The lowest BCUT2D eigenvalue weighted by molar-refractivity contribution is 0.0168. The molecule has 0 aromatic heterocycles. The van der Waals surface area contributed by atoms with E-state index >= 15 is 0 Å². The first-order chi connectivity index (χ1) is 13.7. The molecule has 1 N–H and O–H groups in total. The Morgan fingerprint density at radius 1 is 1.31 bits per heavy atom. The zero-order chi connectivity index (χ0) is 19.8. The Bertz CT molecular complexity index is 622. The number of morpholine rings is 1. The van der Waals surface area contributed by atoms with Gasteiger partial charge in [0.2, 0.25) is 0 Å². The fourth-order valence-corrected chi connectivity index (χ4v) is 3.45. The van der Waals surface area contributed by atoms with Crippen LogP contribution in [0.2, 0.25) is 0 Å². The molecule has 1 saturated heterocycles. The molecular weight excluding hydrogens is 486 g/mol. The van der Waals surface area contributed by atoms with E-state index in [9.17, 15) is 4.39 Å². The number of nitrogens with one attached hydrogen (secondary N) is 1. The van der Waals surface area contributed by atoms with Crippen molar-refractivity contribution in [2.75, 3.05) is 66.7 Å². The van der Waals surface area contributed by atoms with Crippen molar-refractivity contribution < 1.29 is 13.9 Å². The molecule has 8 heteroatoms. The minimum atomic E-state index is -0.209. The van der Waals surface area contributed by atoms with E-state index in [1.54, 1.807) is 7.05 Å². The quantitative estimate of drug-likeness (QED) is 0.235. The number of likely N-dealkylation sites (N-methyl/N-ethyl adjacent to an activating group) is 1. The molecule has 2 aliphatic rings. The first kappa shape index (κ1) is 24.3. The predicted molar refractivity (Wildman–Crippen MR) is 124 cm³/mol. The largest absolute Gasteiger partial charge is 0.379 e. The van der Waals surface area contributed by atoms with Gasteiger partial charge in [0.05, 0.1) is 25.9 Å². The summed E-state index contributed by atoms with van der Waals surface area (Å²) in [4.78, 5) is 8.89. The van der Waals surface area contributed by atoms with Crippen molar-refractivity contribution in [3.8, 4) is 0 Å². The minimum absolute atomic E-state index is 0. The normalized spacial score (nSPS) is 18.8. The lowest BCUT2D eigenvalue weighted by Gasteiger charge is -2.35. The summed E-state index contributed by atoms with van der Waals surface area (Å²) < 4.78 is 24.6. The maximum absolute atomic E-state index is 13.4. The highest BCUT2D eigenvalue weighted by atomic mass is 127. The van der Waals surface area contributed by atoms with Crippen molar-refractivity contribution in [3.63, 3.8) is 0 Å². The Kier molecular flexibility index (Phi) is 10.6. The minimum Gasteiger partial charge on any atom is -0.379 e. The average molecular weight is 520 g/mol. The Labute approximate surface area is 190 Å². The van der Waals surface area contributed by atoms with Gasteiger partial charge in [-0.1, -0.05) is 12.1 Å². The molecule has 6 nitrogen and oxygen atoms in total. The summed E-state index contributed by atoms with van der Waals surface area (Å²) in [5, 5.41) is 3.49. The molecule has 29 heavy (non-hydrogen) atoms. The van der Waals surface area contributed by atoms with Crippen LogP contribution in [0.25, 0.3) is 0 Å². The van der Waals surface area contributed by atoms with E-state index in [-0.39, 0.29) is 35.8 Å². The predicted octanol–water partition coefficient (Wildman–Crippen LogP) is 2.75. The summed E-state index contributed by atoms with van der Waals surface area (Å²) in [5.41, 5.74) is 1.10. The molecule has 0 bridgehead atoms. The Morgan fingerprint density at radius 2 is 2.00 bits per heavy atom. The summed E-state index contributed by atoms with van der Waals surface area (Å²) in [6.45, 7) is 6.27. The van der Waals surface area contributed by atoms with E-state index < -0.39 is 0 Å². The zero-order valence-electron chi connectivity index (χ0n) is 17.5. The fraction of sp³-hybridized carbons (Fsp3) is 0.667. The molecule has 0 spiro atoms. The van der Waals surface area contributed by atoms with E-state index in [1.165, 1.54) is 25.0 Å². The lowest BCUT2D eigenvalue weighted by atomic mass is 10.0. The van der Waals surface area contributed by atoms with Gasteiger partial charge in [-0.3, -0.25) is 9.89 Å². The van der Waals surface area contributed by atoms with Crippen molar-refractivity contribution in [1.82, 2.24) is 15.1 Å². The third kappa shape index (κ3) is 7.99. The number of hydrogen-bond acceptors (Lipinski definition) is 4. The van der Waals surface area contributed by atoms with Gasteiger partial charge in [-0.05, 0) is 36.5 Å². The molecule has 1 aromatic rings. The van der Waals surface area contributed by atoms with Crippen LogP contribution >= 0.6 is 24.0 Å². The average Bonchev–Trinajstić information content (AvgIpc) is 3.55. The molecular formula is C21H34FIN4O2. The fourth-order valence-electron chi connectivity index (χ4n) is 3.45. The summed E-state index contributed by atoms with van der Waals surface area (Å²) in [6, 6.07) is 6.94. The maximum Gasteiger partial charge on any atom is 0.193 e. The number of aliphatic imine (C=N–C) groups is 1. The van der Waals surface area contributed by atoms with Gasteiger partial charge in [-0.15, -0.1) is 24.0 Å². The summed E-state index contributed by atoms with van der Waals surface area (Å²) in [6.07, 6.45) is 2.62. The lowest BCUT2D eigenvalue weighted by Crippen LogP contribution is -2.47. The SMILES string of the molecule is CN=C(NCC(c1ccc(F)cc1)N1CCOCC1)N(C)CCOCC1CC1.I. The van der Waals surface area contributed by atoms with Crippen LogP contribution in [-0.4, -0.2) is 82.5 Å². The number of benzene rings is 1. The van der Waals surface area contributed by atoms with Crippen LogP contribution in [0, 0.1) is 11.7 Å². The van der Waals surface area contributed by atoms with E-state index in [0.717, 1.165) is 56.9 Å². The number of halogens is 2. The van der Waals surface area contributed by atoms with E-state index in [1.807, 2.05) is 19.2 Å². The van der Waals surface area contributed by atoms with Crippen molar-refractivity contribution >= 4 is 29.9 Å². The van der Waals surface area contributed by atoms with Gasteiger partial charge >= 0.3 is 0 Å². The van der Waals surface area contributed by atoms with Gasteiger partial charge in [0, 0.05) is 46.9 Å². The topological polar surface area (TPSA) is 49.3 Å². The van der Waals surface area contributed by atoms with E-state index in [4.69, 9.17) is 9.47 Å². The third-order valence-corrected chi connectivity index (χ3v) is 5.39. The molecule has 1 atom stereocenters. The molecule has 1 unspecified atom stereocenters. The van der Waals surface area contributed by atoms with Crippen LogP contribution < -0.4 is 5.32 Å². The molecule has 1 aliphatic heterocycles. The molecule has 3 rings (SSSR count). The van der Waals surface area contributed by atoms with Crippen LogP contribution in [0.4, 0.5) is 4.39 Å². The molecule has 2 fully saturated rings. The van der Waals surface area contributed by atoms with Gasteiger partial charge in [-0.25, -0.2) is 4.39 Å². The number of ether oxygens (including phenoxy) is 2. The highest BCUT2D eigenvalue weighted by Crippen LogP contribution is 2.28. The van der Waals surface area contributed by atoms with Gasteiger partial charge in [0.1, 0.15) is 5.82 Å². The molecule has 0 radical (unpaired) electrons. The highest BCUT2D eigenvalue weighted by Gasteiger charge is 2.24. The Hall–Kier alpha value is -0.970. The maximum atomic E-state index is 13.4. The Balaban J connectivity index is 0.00000300.